The van der Waals surface area contributed by atoms with E-state index in [1.807, 2.05) is 0 Å². The van der Waals surface area contributed by atoms with Gasteiger partial charge in [0.15, 0.2) is 0 Å². The summed E-state index contributed by atoms with van der Waals surface area (Å²) in [4.78, 5) is 43.0. The third-order valence-corrected chi connectivity index (χ3v) is 2.09. The summed E-state index contributed by atoms with van der Waals surface area (Å²) in [6.45, 7) is -1.63. The number of aliphatic carboxylic acids is 4. The maximum absolute atomic E-state index is 10.5. The SMILES string of the molecule is O=C(O)CN(CCNC(C(=O)O)C(=O)O)CC(=O)O.OCCO. The van der Waals surface area contributed by atoms with Crippen LogP contribution in [0.2, 0.25) is 0 Å². The molecule has 0 aliphatic carbocycles. The highest BCUT2D eigenvalue weighted by Crippen LogP contribution is 1.90. The lowest BCUT2D eigenvalue weighted by Crippen LogP contribution is -2.47. The minimum atomic E-state index is -1.82. The molecule has 0 aliphatic heterocycles. The molecular formula is C11H20N2O10. The van der Waals surface area contributed by atoms with Gasteiger partial charge in [-0.3, -0.25) is 19.8 Å². The molecule has 12 nitrogen and oxygen atoms in total. The molecular weight excluding hydrogens is 320 g/mol. The maximum Gasteiger partial charge on any atom is 0.332 e. The normalized spacial score (nSPS) is 10.1. The molecule has 0 aromatic rings. The molecule has 0 aromatic heterocycles. The van der Waals surface area contributed by atoms with E-state index in [0.29, 0.717) is 0 Å². The number of hydrogen-bond acceptors (Lipinski definition) is 8. The monoisotopic (exact) mass is 340 g/mol. The van der Waals surface area contributed by atoms with Gasteiger partial charge in [0.05, 0.1) is 26.3 Å². The van der Waals surface area contributed by atoms with Crippen LogP contribution in [-0.4, -0.2) is 105 Å². The zero-order valence-corrected chi connectivity index (χ0v) is 12.1. The number of carbonyl (C=O) groups is 4. The van der Waals surface area contributed by atoms with E-state index in [9.17, 15) is 19.2 Å². The van der Waals surface area contributed by atoms with Gasteiger partial charge in [0.2, 0.25) is 6.04 Å². The standard InChI is InChI=1S/C9H14N2O8.C2H6O2/c12-5(13)3-11(4-6(14)15)2-1-10-7(8(16)17)9(18)19;3-1-2-4/h7,10H,1-4H2,(H,12,13)(H,14,15)(H,16,17)(H,18,19);3-4H,1-2H2. The Balaban J connectivity index is 0. The molecule has 23 heavy (non-hydrogen) atoms. The first-order chi connectivity index (χ1) is 10.6. The van der Waals surface area contributed by atoms with E-state index in [2.05, 4.69) is 5.32 Å². The summed E-state index contributed by atoms with van der Waals surface area (Å²) >= 11 is 0. The van der Waals surface area contributed by atoms with Crippen molar-refractivity contribution in [3.8, 4) is 0 Å². The van der Waals surface area contributed by atoms with Crippen molar-refractivity contribution in [3.63, 3.8) is 0 Å². The van der Waals surface area contributed by atoms with Gasteiger partial charge in [0, 0.05) is 13.1 Å². The number of aliphatic hydroxyl groups is 2. The summed E-state index contributed by atoms with van der Waals surface area (Å²) in [6, 6.07) is -1.82. The Bertz CT molecular complexity index is 368. The highest BCUT2D eigenvalue weighted by atomic mass is 16.4. The van der Waals surface area contributed by atoms with Crippen molar-refractivity contribution >= 4 is 23.9 Å². The van der Waals surface area contributed by atoms with Gasteiger partial charge < -0.3 is 30.6 Å². The summed E-state index contributed by atoms with van der Waals surface area (Å²) in [5.74, 6) is -5.66. The molecule has 0 atom stereocenters. The first kappa shape index (κ1) is 23.0. The van der Waals surface area contributed by atoms with Gasteiger partial charge in [0.25, 0.3) is 0 Å². The summed E-state index contributed by atoms with van der Waals surface area (Å²) in [5, 5.41) is 51.6. The van der Waals surface area contributed by atoms with E-state index in [0.717, 1.165) is 4.90 Å². The average Bonchev–Trinajstić information content (AvgIpc) is 2.41. The predicted molar refractivity (Wildman–Crippen MR) is 72.9 cm³/mol. The smallest absolute Gasteiger partial charge is 0.332 e. The zero-order valence-electron chi connectivity index (χ0n) is 12.1. The number of rotatable bonds is 11. The van der Waals surface area contributed by atoms with Gasteiger partial charge in [-0.2, -0.15) is 0 Å². The number of carboxylic acids is 4. The quantitative estimate of drug-likeness (QED) is 0.183. The minimum Gasteiger partial charge on any atom is -0.480 e. The van der Waals surface area contributed by atoms with E-state index in [4.69, 9.17) is 30.6 Å². The van der Waals surface area contributed by atoms with Crippen LogP contribution < -0.4 is 5.32 Å². The molecule has 0 aliphatic rings. The minimum absolute atomic E-state index is 0.115. The number of nitrogens with zero attached hydrogens (tertiary/aromatic N) is 1. The lowest BCUT2D eigenvalue weighted by Gasteiger charge is -2.19. The van der Waals surface area contributed by atoms with Crippen molar-refractivity contribution in [1.29, 1.82) is 0 Å². The topological polar surface area (TPSA) is 205 Å². The lowest BCUT2D eigenvalue weighted by atomic mass is 10.3. The third-order valence-electron chi connectivity index (χ3n) is 2.09. The average molecular weight is 340 g/mol. The second-order valence-electron chi connectivity index (χ2n) is 4.01. The Hall–Kier alpha value is -2.28. The van der Waals surface area contributed by atoms with E-state index in [1.165, 1.54) is 0 Å². The van der Waals surface area contributed by atoms with Crippen LogP contribution in [0.1, 0.15) is 0 Å². The van der Waals surface area contributed by atoms with Crippen LogP contribution in [0.5, 0.6) is 0 Å². The number of hydrogen-bond donors (Lipinski definition) is 7. The molecule has 0 rings (SSSR count). The van der Waals surface area contributed by atoms with Crippen molar-refractivity contribution in [2.45, 2.75) is 6.04 Å². The molecule has 0 aromatic carbocycles. The third kappa shape index (κ3) is 14.4. The van der Waals surface area contributed by atoms with Crippen LogP contribution in [0.25, 0.3) is 0 Å². The highest BCUT2D eigenvalue weighted by Gasteiger charge is 2.25. The van der Waals surface area contributed by atoms with E-state index >= 15 is 0 Å². The fourth-order valence-electron chi connectivity index (χ4n) is 1.24. The molecule has 0 saturated carbocycles. The maximum atomic E-state index is 10.5. The van der Waals surface area contributed by atoms with Crippen LogP contribution in [0.15, 0.2) is 0 Å². The highest BCUT2D eigenvalue weighted by molar-refractivity contribution is 5.97. The van der Waals surface area contributed by atoms with Crippen molar-refractivity contribution < 1.29 is 49.8 Å². The Labute approximate surface area is 130 Å². The van der Waals surface area contributed by atoms with E-state index < -0.39 is 43.0 Å². The van der Waals surface area contributed by atoms with Crippen LogP contribution in [0, 0.1) is 0 Å². The molecule has 7 N–H and O–H groups in total. The van der Waals surface area contributed by atoms with E-state index in [-0.39, 0.29) is 26.3 Å². The predicted octanol–water partition coefficient (Wildman–Crippen LogP) is -3.44. The molecule has 0 radical (unpaired) electrons. The molecule has 0 spiro atoms. The van der Waals surface area contributed by atoms with Crippen LogP contribution in [0.3, 0.4) is 0 Å². The second kappa shape index (κ2) is 13.4. The van der Waals surface area contributed by atoms with Gasteiger partial charge >= 0.3 is 23.9 Å². The van der Waals surface area contributed by atoms with Crippen LogP contribution >= 0.6 is 0 Å². The first-order valence-electron chi connectivity index (χ1n) is 6.22. The molecule has 134 valence electrons. The number of nitrogens with one attached hydrogen (secondary N) is 1. The summed E-state index contributed by atoms with van der Waals surface area (Å²) in [5.41, 5.74) is 0. The Morgan fingerprint density at radius 2 is 1.22 bits per heavy atom. The van der Waals surface area contributed by atoms with Crippen molar-refractivity contribution in [1.82, 2.24) is 10.2 Å². The van der Waals surface area contributed by atoms with E-state index in [1.54, 1.807) is 0 Å². The van der Waals surface area contributed by atoms with Crippen molar-refractivity contribution in [2.75, 3.05) is 39.4 Å². The summed E-state index contributed by atoms with van der Waals surface area (Å²) < 4.78 is 0. The first-order valence-corrected chi connectivity index (χ1v) is 6.22. The molecule has 0 amide bonds. The van der Waals surface area contributed by atoms with Crippen LogP contribution in [-0.2, 0) is 19.2 Å². The molecule has 12 heteroatoms. The fourth-order valence-corrected chi connectivity index (χ4v) is 1.24. The Kier molecular flexibility index (Phi) is 13.4. The molecule has 0 bridgehead atoms. The Morgan fingerprint density at radius 3 is 1.48 bits per heavy atom. The Morgan fingerprint density at radius 1 is 0.826 bits per heavy atom. The number of carboxylic acid groups (broad SMARTS) is 4. The molecule has 0 saturated heterocycles. The van der Waals surface area contributed by atoms with Gasteiger partial charge in [-0.1, -0.05) is 0 Å². The lowest BCUT2D eigenvalue weighted by molar-refractivity contribution is -0.151. The van der Waals surface area contributed by atoms with Gasteiger partial charge in [-0.25, -0.2) is 9.59 Å². The molecule has 0 heterocycles. The van der Waals surface area contributed by atoms with Crippen LogP contribution in [0.4, 0.5) is 0 Å². The van der Waals surface area contributed by atoms with Crippen molar-refractivity contribution in [2.24, 2.45) is 0 Å². The molecule has 0 unspecified atom stereocenters. The second-order valence-corrected chi connectivity index (χ2v) is 4.01. The fraction of sp³-hybridized carbons (Fsp3) is 0.636. The van der Waals surface area contributed by atoms with Crippen molar-refractivity contribution in [3.05, 3.63) is 0 Å². The largest absolute Gasteiger partial charge is 0.480 e. The van der Waals surface area contributed by atoms with Gasteiger partial charge in [-0.15, -0.1) is 0 Å². The summed E-state index contributed by atoms with van der Waals surface area (Å²) in [7, 11) is 0. The zero-order chi connectivity index (χ0) is 18.4. The molecule has 0 fully saturated rings. The van der Waals surface area contributed by atoms with Gasteiger partial charge in [-0.05, 0) is 0 Å². The van der Waals surface area contributed by atoms with Gasteiger partial charge in [0.1, 0.15) is 0 Å². The summed E-state index contributed by atoms with van der Waals surface area (Å²) in [6.07, 6.45) is 0. The number of aliphatic hydroxyl groups excluding tert-OH is 2.